The van der Waals surface area contributed by atoms with Crippen LogP contribution in [0.5, 0.6) is 0 Å². The minimum absolute atomic E-state index is 0.465. The Morgan fingerprint density at radius 1 is 0.369 bits per heavy atom. The summed E-state index contributed by atoms with van der Waals surface area (Å²) in [5.41, 5.74) is 0. The monoisotopic (exact) mass is 913 g/mol. The Bertz CT molecular complexity index is 919. The molecule has 1 aliphatic rings. The first-order valence-corrected chi connectivity index (χ1v) is 31.0. The zero-order chi connectivity index (χ0) is 47.1. The van der Waals surface area contributed by atoms with E-state index in [9.17, 15) is 4.79 Å². The first-order chi connectivity index (χ1) is 32.0. The van der Waals surface area contributed by atoms with Gasteiger partial charge in [0.05, 0.1) is 0 Å². The van der Waals surface area contributed by atoms with Crippen LogP contribution in [0.4, 0.5) is 0 Å². The van der Waals surface area contributed by atoms with Crippen LogP contribution >= 0.6 is 0 Å². The third-order valence-electron chi connectivity index (χ3n) is 16.1. The first kappa shape index (κ1) is 62.4. The molecule has 3 unspecified atom stereocenters. The molecule has 0 aromatic carbocycles. The highest BCUT2D eigenvalue weighted by Gasteiger charge is 2.24. The van der Waals surface area contributed by atoms with Crippen molar-refractivity contribution < 1.29 is 4.79 Å². The van der Waals surface area contributed by atoms with E-state index in [2.05, 4.69) is 51.3 Å². The maximum absolute atomic E-state index is 14.2. The quantitative estimate of drug-likeness (QED) is 0.0568. The molecule has 0 radical (unpaired) electrons. The van der Waals surface area contributed by atoms with E-state index in [1.54, 1.807) is 0 Å². The van der Waals surface area contributed by atoms with Crippen molar-refractivity contribution in [1.82, 2.24) is 9.80 Å². The Morgan fingerprint density at radius 2 is 0.708 bits per heavy atom. The van der Waals surface area contributed by atoms with Crippen LogP contribution in [-0.4, -0.2) is 47.9 Å². The van der Waals surface area contributed by atoms with E-state index < -0.39 is 0 Å². The molecule has 0 spiro atoms. The van der Waals surface area contributed by atoms with Crippen LogP contribution in [0.25, 0.3) is 0 Å². The van der Waals surface area contributed by atoms with E-state index in [0.717, 1.165) is 37.1 Å². The number of amides is 1. The number of carbonyl (C=O) groups excluding carboxylic acids is 1. The molecule has 1 saturated heterocycles. The van der Waals surface area contributed by atoms with Crippen molar-refractivity contribution >= 4 is 5.91 Å². The standard InChI is InChI=1S/C62H124N2O/c1-7-13-19-23-25-29-33-40-55-64(62(65)51-39-41-52-63-53-42-43-54-63)61(49-37-31-26-24-20-14-8-2)50-38-32-28-27-30-36-48-60(56-58(44-17-11-5)46-34-21-15-9-3)57-59(45-18-12-6)47-35-22-16-10-4/h58-61H,7-57H2,1-6H3. The molecule has 3 heteroatoms. The van der Waals surface area contributed by atoms with Crippen molar-refractivity contribution in [3.63, 3.8) is 0 Å². The van der Waals surface area contributed by atoms with E-state index in [-0.39, 0.29) is 0 Å². The van der Waals surface area contributed by atoms with Crippen molar-refractivity contribution in [2.75, 3.05) is 26.2 Å². The Kier molecular flexibility index (Phi) is 46.5. The number of hydrogen-bond donors (Lipinski definition) is 0. The number of carbonyl (C=O) groups is 1. The van der Waals surface area contributed by atoms with E-state index in [4.69, 9.17) is 0 Å². The Balaban J connectivity index is 2.87. The predicted octanol–water partition coefficient (Wildman–Crippen LogP) is 20.8. The lowest BCUT2D eigenvalue weighted by Gasteiger charge is -2.33. The molecule has 1 fully saturated rings. The second-order valence-electron chi connectivity index (χ2n) is 22.4. The van der Waals surface area contributed by atoms with Crippen LogP contribution < -0.4 is 0 Å². The summed E-state index contributed by atoms with van der Waals surface area (Å²) in [5.74, 6) is 3.38. The summed E-state index contributed by atoms with van der Waals surface area (Å²) in [5, 5.41) is 0. The summed E-state index contributed by atoms with van der Waals surface area (Å²) in [4.78, 5) is 19.3. The van der Waals surface area contributed by atoms with Gasteiger partial charge in [-0.05, 0) is 95.2 Å². The number of rotatable bonds is 52. The molecule has 65 heavy (non-hydrogen) atoms. The van der Waals surface area contributed by atoms with Gasteiger partial charge in [0.25, 0.3) is 0 Å². The minimum atomic E-state index is 0.465. The molecule has 0 N–H and O–H groups in total. The molecule has 1 aliphatic heterocycles. The van der Waals surface area contributed by atoms with Crippen LogP contribution in [0.3, 0.4) is 0 Å². The second-order valence-corrected chi connectivity index (χ2v) is 22.4. The molecule has 0 saturated carbocycles. The molecule has 3 nitrogen and oxygen atoms in total. The van der Waals surface area contributed by atoms with Gasteiger partial charge in [-0.25, -0.2) is 0 Å². The van der Waals surface area contributed by atoms with Gasteiger partial charge in [-0.15, -0.1) is 0 Å². The third-order valence-corrected chi connectivity index (χ3v) is 16.1. The van der Waals surface area contributed by atoms with Crippen LogP contribution in [-0.2, 0) is 4.79 Å². The van der Waals surface area contributed by atoms with E-state index >= 15 is 0 Å². The molecule has 0 aromatic rings. The lowest BCUT2D eigenvalue weighted by atomic mass is 9.78. The number of likely N-dealkylation sites (tertiary alicyclic amines) is 1. The summed E-state index contributed by atoms with van der Waals surface area (Å²) in [6, 6.07) is 0.465. The van der Waals surface area contributed by atoms with Crippen molar-refractivity contribution in [2.24, 2.45) is 17.8 Å². The van der Waals surface area contributed by atoms with Gasteiger partial charge < -0.3 is 9.80 Å². The molecule has 0 bridgehead atoms. The van der Waals surface area contributed by atoms with Gasteiger partial charge in [0, 0.05) is 19.0 Å². The number of hydrogen-bond acceptors (Lipinski definition) is 2. The highest BCUT2D eigenvalue weighted by Crippen LogP contribution is 2.34. The Morgan fingerprint density at radius 3 is 1.14 bits per heavy atom. The van der Waals surface area contributed by atoms with Crippen molar-refractivity contribution in [1.29, 1.82) is 0 Å². The molecular formula is C62H124N2O. The van der Waals surface area contributed by atoms with Crippen molar-refractivity contribution in [3.8, 4) is 0 Å². The third kappa shape index (κ3) is 37.9. The molecule has 0 aromatic heterocycles. The number of unbranched alkanes of at least 4 members (excludes halogenated alkanes) is 27. The van der Waals surface area contributed by atoms with E-state index in [1.807, 2.05) is 0 Å². The Labute approximate surface area is 412 Å². The van der Waals surface area contributed by atoms with Gasteiger partial charge in [-0.2, -0.15) is 0 Å². The van der Waals surface area contributed by atoms with Crippen LogP contribution in [0, 0.1) is 17.8 Å². The Hall–Kier alpha value is -0.570. The van der Waals surface area contributed by atoms with Gasteiger partial charge >= 0.3 is 0 Å². The van der Waals surface area contributed by atoms with E-state index in [1.165, 1.54) is 309 Å². The zero-order valence-electron chi connectivity index (χ0n) is 46.2. The van der Waals surface area contributed by atoms with Crippen LogP contribution in [0.15, 0.2) is 0 Å². The van der Waals surface area contributed by atoms with Crippen LogP contribution in [0.1, 0.15) is 343 Å². The molecule has 1 amide bonds. The first-order valence-electron chi connectivity index (χ1n) is 31.0. The fraction of sp³-hybridized carbons (Fsp3) is 0.984. The summed E-state index contributed by atoms with van der Waals surface area (Å²) < 4.78 is 0. The maximum atomic E-state index is 14.2. The smallest absolute Gasteiger partial charge is 0.222 e. The van der Waals surface area contributed by atoms with E-state index in [0.29, 0.717) is 11.9 Å². The summed E-state index contributed by atoms with van der Waals surface area (Å²) in [6.07, 6.45) is 64.4. The van der Waals surface area contributed by atoms with Gasteiger partial charge in [0.2, 0.25) is 5.91 Å². The maximum Gasteiger partial charge on any atom is 0.222 e. The van der Waals surface area contributed by atoms with Crippen LogP contribution in [0.2, 0.25) is 0 Å². The van der Waals surface area contributed by atoms with Gasteiger partial charge in [-0.3, -0.25) is 4.79 Å². The lowest BCUT2D eigenvalue weighted by molar-refractivity contribution is -0.134. The van der Waals surface area contributed by atoms with Gasteiger partial charge in [-0.1, -0.05) is 279 Å². The molecule has 0 aliphatic carbocycles. The summed E-state index contributed by atoms with van der Waals surface area (Å²) in [7, 11) is 0. The lowest BCUT2D eigenvalue weighted by Crippen LogP contribution is -2.41. The van der Waals surface area contributed by atoms with Crippen molar-refractivity contribution in [3.05, 3.63) is 0 Å². The number of nitrogens with zero attached hydrogens (tertiary/aromatic N) is 2. The van der Waals surface area contributed by atoms with Gasteiger partial charge in [0.1, 0.15) is 0 Å². The molecular weight excluding hydrogens is 789 g/mol. The second kappa shape index (κ2) is 48.5. The topological polar surface area (TPSA) is 23.6 Å². The van der Waals surface area contributed by atoms with Gasteiger partial charge in [0.15, 0.2) is 0 Å². The molecule has 1 rings (SSSR count). The summed E-state index contributed by atoms with van der Waals surface area (Å²) in [6.45, 7) is 19.0. The SMILES string of the molecule is CCCCCCCCCCN(C(=O)CCCCN1CCCC1)C(CCCCCCCCC)CCCCCCCCC(CC(CCCC)CCCCCC)CC(CCCC)CCCCCC. The average molecular weight is 914 g/mol. The fourth-order valence-electron chi connectivity index (χ4n) is 11.7. The molecule has 388 valence electrons. The zero-order valence-corrected chi connectivity index (χ0v) is 46.2. The minimum Gasteiger partial charge on any atom is -0.340 e. The largest absolute Gasteiger partial charge is 0.340 e. The normalized spacial score (nSPS) is 15.2. The highest BCUT2D eigenvalue weighted by molar-refractivity contribution is 5.76. The predicted molar refractivity (Wildman–Crippen MR) is 293 cm³/mol. The summed E-state index contributed by atoms with van der Waals surface area (Å²) >= 11 is 0. The molecule has 1 heterocycles. The molecule has 3 atom stereocenters. The average Bonchev–Trinajstić information content (AvgIpc) is 3.84. The highest BCUT2D eigenvalue weighted by atomic mass is 16.2. The fourth-order valence-corrected chi connectivity index (χ4v) is 11.7. The van der Waals surface area contributed by atoms with Crippen molar-refractivity contribution in [2.45, 2.75) is 349 Å².